The highest BCUT2D eigenvalue weighted by Crippen LogP contribution is 2.34. The van der Waals surface area contributed by atoms with Gasteiger partial charge in [0.25, 0.3) is 0 Å². The molecule has 0 saturated heterocycles. The number of aliphatic hydroxyl groups is 1. The number of hydrogen-bond acceptors (Lipinski definition) is 3. The Labute approximate surface area is 121 Å². The van der Waals surface area contributed by atoms with Gasteiger partial charge in [-0.05, 0) is 66.1 Å². The Kier molecular flexibility index (Phi) is 4.93. The Balaban J connectivity index is 1.85. The lowest BCUT2D eigenvalue weighted by atomic mass is 9.79. The van der Waals surface area contributed by atoms with Gasteiger partial charge in [-0.2, -0.15) is 0 Å². The Hall–Kier alpha value is -0.940. The molecule has 1 atom stereocenters. The van der Waals surface area contributed by atoms with Gasteiger partial charge in [-0.15, -0.1) is 0 Å². The summed E-state index contributed by atoms with van der Waals surface area (Å²) in [5.74, 6) is -0.483. The smallest absolute Gasteiger partial charge is 0.306 e. The fourth-order valence-corrected chi connectivity index (χ4v) is 2.90. The number of aliphatic carboxylic acids is 1. The van der Waals surface area contributed by atoms with Crippen LogP contribution in [-0.4, -0.2) is 21.2 Å². The van der Waals surface area contributed by atoms with Crippen molar-refractivity contribution in [2.24, 2.45) is 11.8 Å². The van der Waals surface area contributed by atoms with E-state index in [0.29, 0.717) is 18.0 Å². The first kappa shape index (κ1) is 14.5. The Morgan fingerprint density at radius 3 is 2.58 bits per heavy atom. The number of nitrogens with zero attached hydrogens (tertiary/aromatic N) is 1. The van der Waals surface area contributed by atoms with Crippen molar-refractivity contribution in [3.63, 3.8) is 0 Å². The number of carbonyl (C=O) groups is 1. The second-order valence-corrected chi connectivity index (χ2v) is 6.12. The fraction of sp³-hybridized carbons (Fsp3) is 0.571. The second kappa shape index (κ2) is 6.48. The molecule has 4 nitrogen and oxygen atoms in total. The van der Waals surface area contributed by atoms with Gasteiger partial charge in [0.15, 0.2) is 0 Å². The summed E-state index contributed by atoms with van der Waals surface area (Å²) in [6.07, 6.45) is 5.00. The average Bonchev–Trinajstić information content (AvgIpc) is 2.40. The van der Waals surface area contributed by atoms with E-state index in [2.05, 4.69) is 20.9 Å². The third-order valence-corrected chi connectivity index (χ3v) is 4.31. The van der Waals surface area contributed by atoms with E-state index in [4.69, 9.17) is 5.11 Å². The molecule has 1 aromatic rings. The van der Waals surface area contributed by atoms with Crippen LogP contribution < -0.4 is 0 Å². The fourth-order valence-electron chi connectivity index (χ4n) is 2.67. The molecule has 1 fully saturated rings. The highest BCUT2D eigenvalue weighted by atomic mass is 79.9. The van der Waals surface area contributed by atoms with Gasteiger partial charge in [-0.25, -0.2) is 0 Å². The molecular weight excluding hydrogens is 310 g/mol. The summed E-state index contributed by atoms with van der Waals surface area (Å²) in [6, 6.07) is 3.69. The zero-order valence-corrected chi connectivity index (χ0v) is 12.2. The van der Waals surface area contributed by atoms with Gasteiger partial charge >= 0.3 is 5.97 Å². The number of aromatic nitrogens is 1. The third-order valence-electron chi connectivity index (χ3n) is 3.84. The average molecular weight is 328 g/mol. The summed E-state index contributed by atoms with van der Waals surface area (Å²) in [5.41, 5.74) is 0.684. The lowest BCUT2D eigenvalue weighted by Gasteiger charge is -2.27. The number of hydrogen-bond donors (Lipinski definition) is 2. The second-order valence-electron chi connectivity index (χ2n) is 5.21. The molecule has 0 spiro atoms. The van der Waals surface area contributed by atoms with E-state index in [1.165, 1.54) is 0 Å². The van der Waals surface area contributed by atoms with Crippen LogP contribution in [0.3, 0.4) is 0 Å². The topological polar surface area (TPSA) is 70.4 Å². The van der Waals surface area contributed by atoms with Crippen LogP contribution in [0.15, 0.2) is 22.8 Å². The van der Waals surface area contributed by atoms with Gasteiger partial charge in [0.05, 0.1) is 17.7 Å². The molecule has 0 aromatic carbocycles. The quantitative estimate of drug-likeness (QED) is 0.891. The molecule has 1 saturated carbocycles. The molecule has 1 aromatic heterocycles. The number of pyridine rings is 1. The van der Waals surface area contributed by atoms with Gasteiger partial charge in [0.1, 0.15) is 0 Å². The maximum absolute atomic E-state index is 10.9. The zero-order chi connectivity index (χ0) is 13.8. The first-order valence-electron chi connectivity index (χ1n) is 6.58. The number of rotatable bonds is 4. The molecule has 0 radical (unpaired) electrons. The Bertz CT molecular complexity index is 427. The Morgan fingerprint density at radius 1 is 1.37 bits per heavy atom. The van der Waals surface area contributed by atoms with Crippen LogP contribution in [-0.2, 0) is 4.79 Å². The van der Waals surface area contributed by atoms with E-state index in [1.54, 1.807) is 6.20 Å². The number of aliphatic hydroxyl groups excluding tert-OH is 1. The zero-order valence-electron chi connectivity index (χ0n) is 10.6. The van der Waals surface area contributed by atoms with Crippen LogP contribution in [0.5, 0.6) is 0 Å². The molecular formula is C14H18BrNO3. The van der Waals surface area contributed by atoms with Crippen molar-refractivity contribution < 1.29 is 15.0 Å². The molecule has 5 heteroatoms. The summed E-state index contributed by atoms with van der Waals surface area (Å²) in [4.78, 5) is 15.1. The molecule has 1 aliphatic rings. The van der Waals surface area contributed by atoms with Crippen molar-refractivity contribution in [3.8, 4) is 0 Å². The van der Waals surface area contributed by atoms with Crippen LogP contribution in [0.1, 0.15) is 43.9 Å². The summed E-state index contributed by atoms with van der Waals surface area (Å²) < 4.78 is 0.894. The molecule has 1 heterocycles. The van der Waals surface area contributed by atoms with Gasteiger partial charge in [0, 0.05) is 10.7 Å². The minimum atomic E-state index is -0.687. The summed E-state index contributed by atoms with van der Waals surface area (Å²) >= 11 is 3.31. The lowest BCUT2D eigenvalue weighted by molar-refractivity contribution is -0.143. The van der Waals surface area contributed by atoms with E-state index in [0.717, 1.165) is 30.2 Å². The van der Waals surface area contributed by atoms with Crippen molar-refractivity contribution in [2.75, 3.05) is 0 Å². The van der Waals surface area contributed by atoms with Gasteiger partial charge in [-0.1, -0.05) is 0 Å². The van der Waals surface area contributed by atoms with Gasteiger partial charge < -0.3 is 10.2 Å². The lowest BCUT2D eigenvalue weighted by Crippen LogP contribution is -2.22. The Morgan fingerprint density at radius 2 is 2.05 bits per heavy atom. The molecule has 2 N–H and O–H groups in total. The molecule has 19 heavy (non-hydrogen) atoms. The van der Waals surface area contributed by atoms with Crippen LogP contribution in [0.25, 0.3) is 0 Å². The third kappa shape index (κ3) is 4.01. The van der Waals surface area contributed by atoms with Gasteiger partial charge in [0.2, 0.25) is 0 Å². The van der Waals surface area contributed by atoms with Gasteiger partial charge in [-0.3, -0.25) is 9.78 Å². The molecule has 0 amide bonds. The minimum Gasteiger partial charge on any atom is -0.481 e. The number of halogens is 1. The first-order valence-corrected chi connectivity index (χ1v) is 7.38. The molecule has 1 unspecified atom stereocenters. The van der Waals surface area contributed by atoms with Crippen molar-refractivity contribution in [3.05, 3.63) is 28.5 Å². The number of carboxylic acid groups (broad SMARTS) is 1. The molecule has 0 bridgehead atoms. The van der Waals surface area contributed by atoms with Crippen LogP contribution in [0.2, 0.25) is 0 Å². The summed E-state index contributed by atoms with van der Waals surface area (Å²) in [7, 11) is 0. The maximum Gasteiger partial charge on any atom is 0.306 e. The highest BCUT2D eigenvalue weighted by Gasteiger charge is 2.27. The predicted octanol–water partition coefficient (Wildman–Crippen LogP) is 3.16. The standard InChI is InChI=1S/C14H18BrNO3/c15-11-5-6-12(16-8-11)13(17)7-9-1-3-10(4-2-9)14(18)19/h5-6,8-10,13,17H,1-4,7H2,(H,18,19). The molecule has 1 aliphatic carbocycles. The van der Waals surface area contributed by atoms with Crippen molar-refractivity contribution in [1.29, 1.82) is 0 Å². The summed E-state index contributed by atoms with van der Waals surface area (Å²) in [5, 5.41) is 19.1. The molecule has 104 valence electrons. The van der Waals surface area contributed by atoms with Crippen molar-refractivity contribution in [2.45, 2.75) is 38.2 Å². The predicted molar refractivity (Wildman–Crippen MR) is 74.6 cm³/mol. The highest BCUT2D eigenvalue weighted by molar-refractivity contribution is 9.10. The SMILES string of the molecule is O=C(O)C1CCC(CC(O)c2ccc(Br)cn2)CC1. The van der Waals surface area contributed by atoms with E-state index in [-0.39, 0.29) is 5.92 Å². The van der Waals surface area contributed by atoms with Crippen LogP contribution >= 0.6 is 15.9 Å². The van der Waals surface area contributed by atoms with E-state index < -0.39 is 12.1 Å². The number of carboxylic acids is 1. The normalized spacial score (nSPS) is 24.9. The minimum absolute atomic E-state index is 0.195. The first-order chi connectivity index (χ1) is 9.06. The van der Waals surface area contributed by atoms with Crippen LogP contribution in [0, 0.1) is 11.8 Å². The van der Waals surface area contributed by atoms with Crippen LogP contribution in [0.4, 0.5) is 0 Å². The maximum atomic E-state index is 10.9. The summed E-state index contributed by atoms with van der Waals surface area (Å²) in [6.45, 7) is 0. The van der Waals surface area contributed by atoms with E-state index in [9.17, 15) is 9.90 Å². The monoisotopic (exact) mass is 327 g/mol. The van der Waals surface area contributed by atoms with Crippen molar-refractivity contribution in [1.82, 2.24) is 4.98 Å². The van der Waals surface area contributed by atoms with Crippen molar-refractivity contribution >= 4 is 21.9 Å². The van der Waals surface area contributed by atoms with E-state index >= 15 is 0 Å². The largest absolute Gasteiger partial charge is 0.481 e. The molecule has 0 aliphatic heterocycles. The molecule has 2 rings (SSSR count). The van der Waals surface area contributed by atoms with E-state index in [1.807, 2.05) is 12.1 Å².